The standard InChI is InChI=1S/C12H19NOS/c1-8(2)10(5)11(14-9(3)4)12-13-6-7-15-12/h6-9H,1-5H3/b11-10-. The van der Waals surface area contributed by atoms with Gasteiger partial charge in [0, 0.05) is 11.6 Å². The summed E-state index contributed by atoms with van der Waals surface area (Å²) >= 11 is 1.62. The lowest BCUT2D eigenvalue weighted by Crippen LogP contribution is -2.06. The molecule has 1 aromatic rings. The molecule has 1 aromatic heterocycles. The van der Waals surface area contributed by atoms with E-state index in [1.165, 1.54) is 5.57 Å². The van der Waals surface area contributed by atoms with Crippen LogP contribution in [0.5, 0.6) is 0 Å². The first-order valence-electron chi connectivity index (χ1n) is 5.29. The van der Waals surface area contributed by atoms with E-state index in [4.69, 9.17) is 4.74 Å². The van der Waals surface area contributed by atoms with E-state index in [9.17, 15) is 0 Å². The number of ether oxygens (including phenoxy) is 1. The van der Waals surface area contributed by atoms with Crippen LogP contribution in [0.2, 0.25) is 0 Å². The van der Waals surface area contributed by atoms with Crippen molar-refractivity contribution in [2.75, 3.05) is 0 Å². The number of aromatic nitrogens is 1. The molecule has 0 amide bonds. The molecule has 3 heteroatoms. The van der Waals surface area contributed by atoms with Gasteiger partial charge in [0.25, 0.3) is 0 Å². The molecular weight excluding hydrogens is 206 g/mol. The van der Waals surface area contributed by atoms with Gasteiger partial charge < -0.3 is 4.74 Å². The van der Waals surface area contributed by atoms with Crippen LogP contribution in [0.1, 0.15) is 39.6 Å². The van der Waals surface area contributed by atoms with Crippen molar-refractivity contribution in [2.45, 2.75) is 40.7 Å². The molecule has 1 heterocycles. The lowest BCUT2D eigenvalue weighted by molar-refractivity contribution is 0.201. The summed E-state index contributed by atoms with van der Waals surface area (Å²) in [5.74, 6) is 1.44. The highest BCUT2D eigenvalue weighted by Crippen LogP contribution is 2.27. The van der Waals surface area contributed by atoms with E-state index >= 15 is 0 Å². The highest BCUT2D eigenvalue weighted by molar-refractivity contribution is 7.10. The van der Waals surface area contributed by atoms with Crippen LogP contribution in [0.25, 0.3) is 5.76 Å². The lowest BCUT2D eigenvalue weighted by Gasteiger charge is -2.17. The van der Waals surface area contributed by atoms with Crippen molar-refractivity contribution >= 4 is 17.1 Å². The molecule has 0 atom stereocenters. The zero-order valence-corrected chi connectivity index (χ0v) is 10.9. The number of nitrogens with zero attached hydrogens (tertiary/aromatic N) is 1. The molecule has 15 heavy (non-hydrogen) atoms. The molecule has 0 spiro atoms. The van der Waals surface area contributed by atoms with Gasteiger partial charge in [0.2, 0.25) is 0 Å². The Kier molecular flexibility index (Phi) is 4.33. The quantitative estimate of drug-likeness (QED) is 0.724. The van der Waals surface area contributed by atoms with Crippen molar-refractivity contribution < 1.29 is 4.74 Å². The van der Waals surface area contributed by atoms with Crippen LogP contribution in [-0.4, -0.2) is 11.1 Å². The Labute approximate surface area is 96.0 Å². The Hall–Kier alpha value is -0.830. The third-order valence-corrected chi connectivity index (χ3v) is 2.98. The van der Waals surface area contributed by atoms with Gasteiger partial charge >= 0.3 is 0 Å². The fourth-order valence-corrected chi connectivity index (χ4v) is 1.83. The van der Waals surface area contributed by atoms with Gasteiger partial charge in [0.15, 0.2) is 10.8 Å². The number of thiazole rings is 1. The maximum absolute atomic E-state index is 5.85. The molecule has 0 radical (unpaired) electrons. The Morgan fingerprint density at radius 1 is 1.33 bits per heavy atom. The number of rotatable bonds is 4. The minimum absolute atomic E-state index is 0.192. The van der Waals surface area contributed by atoms with Gasteiger partial charge in [-0.3, -0.25) is 0 Å². The molecule has 2 nitrogen and oxygen atoms in total. The molecule has 0 aliphatic heterocycles. The van der Waals surface area contributed by atoms with E-state index in [1.807, 2.05) is 25.4 Å². The molecule has 84 valence electrons. The lowest BCUT2D eigenvalue weighted by atomic mass is 10.0. The minimum Gasteiger partial charge on any atom is -0.488 e. The topological polar surface area (TPSA) is 22.1 Å². The van der Waals surface area contributed by atoms with E-state index in [0.717, 1.165) is 10.8 Å². The highest BCUT2D eigenvalue weighted by Gasteiger charge is 2.13. The molecule has 0 saturated heterocycles. The maximum atomic E-state index is 5.85. The van der Waals surface area contributed by atoms with E-state index in [1.54, 1.807) is 11.3 Å². The molecule has 0 unspecified atom stereocenters. The smallest absolute Gasteiger partial charge is 0.158 e. The van der Waals surface area contributed by atoms with Crippen molar-refractivity contribution in [3.05, 3.63) is 22.2 Å². The first-order valence-corrected chi connectivity index (χ1v) is 6.17. The summed E-state index contributed by atoms with van der Waals surface area (Å²) in [6.45, 7) is 10.5. The Bertz CT molecular complexity index is 325. The summed E-state index contributed by atoms with van der Waals surface area (Å²) in [7, 11) is 0. The average Bonchev–Trinajstić information content (AvgIpc) is 2.65. The zero-order chi connectivity index (χ0) is 11.4. The van der Waals surface area contributed by atoms with Gasteiger partial charge in [-0.25, -0.2) is 4.98 Å². The van der Waals surface area contributed by atoms with Gasteiger partial charge in [-0.15, -0.1) is 11.3 Å². The molecule has 0 fully saturated rings. The van der Waals surface area contributed by atoms with Crippen LogP contribution in [0.4, 0.5) is 0 Å². The van der Waals surface area contributed by atoms with Crippen LogP contribution < -0.4 is 0 Å². The first-order chi connectivity index (χ1) is 7.02. The third-order valence-electron chi connectivity index (χ3n) is 2.20. The molecule has 0 aromatic carbocycles. The second-order valence-corrected chi connectivity index (χ2v) is 5.07. The summed E-state index contributed by atoms with van der Waals surface area (Å²) in [6, 6.07) is 0. The maximum Gasteiger partial charge on any atom is 0.158 e. The predicted octanol–water partition coefficient (Wildman–Crippen LogP) is 3.96. The van der Waals surface area contributed by atoms with Crippen molar-refractivity contribution in [1.29, 1.82) is 0 Å². The summed E-state index contributed by atoms with van der Waals surface area (Å²) in [5.41, 5.74) is 1.26. The van der Waals surface area contributed by atoms with Crippen LogP contribution >= 0.6 is 11.3 Å². The van der Waals surface area contributed by atoms with Gasteiger partial charge in [-0.05, 0) is 32.3 Å². The van der Waals surface area contributed by atoms with Crippen LogP contribution in [0.3, 0.4) is 0 Å². The van der Waals surface area contributed by atoms with Gasteiger partial charge in [0.1, 0.15) is 0 Å². The molecule has 0 saturated carbocycles. The molecular formula is C12H19NOS. The molecule has 0 aliphatic rings. The molecule has 0 bridgehead atoms. The molecule has 0 N–H and O–H groups in total. The third kappa shape index (κ3) is 3.34. The van der Waals surface area contributed by atoms with E-state index < -0.39 is 0 Å². The Balaban J connectivity index is 3.03. The van der Waals surface area contributed by atoms with Crippen molar-refractivity contribution in [3.8, 4) is 0 Å². The number of hydrogen-bond acceptors (Lipinski definition) is 3. The van der Waals surface area contributed by atoms with Crippen molar-refractivity contribution in [3.63, 3.8) is 0 Å². The normalized spacial score (nSPS) is 13.3. The van der Waals surface area contributed by atoms with E-state index in [-0.39, 0.29) is 6.10 Å². The summed E-state index contributed by atoms with van der Waals surface area (Å²) in [4.78, 5) is 4.31. The summed E-state index contributed by atoms with van der Waals surface area (Å²) in [6.07, 6.45) is 2.01. The fourth-order valence-electron chi connectivity index (χ4n) is 1.15. The van der Waals surface area contributed by atoms with Gasteiger partial charge in [-0.1, -0.05) is 13.8 Å². The Morgan fingerprint density at radius 3 is 2.40 bits per heavy atom. The minimum atomic E-state index is 0.192. The second-order valence-electron chi connectivity index (χ2n) is 4.17. The van der Waals surface area contributed by atoms with E-state index in [0.29, 0.717) is 5.92 Å². The second kappa shape index (κ2) is 5.31. The Morgan fingerprint density at radius 2 is 2.00 bits per heavy atom. The number of allylic oxidation sites excluding steroid dienone is 1. The zero-order valence-electron chi connectivity index (χ0n) is 10.1. The monoisotopic (exact) mass is 225 g/mol. The molecule has 1 rings (SSSR count). The average molecular weight is 225 g/mol. The first kappa shape index (κ1) is 12.2. The van der Waals surface area contributed by atoms with Gasteiger partial charge in [-0.2, -0.15) is 0 Å². The summed E-state index contributed by atoms with van der Waals surface area (Å²) < 4.78 is 5.85. The number of hydrogen-bond donors (Lipinski definition) is 0. The summed E-state index contributed by atoms with van der Waals surface area (Å²) in [5, 5.41) is 2.96. The van der Waals surface area contributed by atoms with Gasteiger partial charge in [0.05, 0.1) is 6.10 Å². The highest BCUT2D eigenvalue weighted by atomic mass is 32.1. The van der Waals surface area contributed by atoms with Crippen LogP contribution in [0, 0.1) is 5.92 Å². The SMILES string of the molecule is C/C(=C(/OC(C)C)c1nccs1)C(C)C. The predicted molar refractivity (Wildman–Crippen MR) is 65.8 cm³/mol. The fraction of sp³-hybridized carbons (Fsp3) is 0.583. The van der Waals surface area contributed by atoms with Crippen molar-refractivity contribution in [1.82, 2.24) is 4.98 Å². The molecule has 0 aliphatic carbocycles. The van der Waals surface area contributed by atoms with Crippen LogP contribution in [-0.2, 0) is 4.74 Å². The van der Waals surface area contributed by atoms with Crippen LogP contribution in [0.15, 0.2) is 17.2 Å². The largest absolute Gasteiger partial charge is 0.488 e. The van der Waals surface area contributed by atoms with E-state index in [2.05, 4.69) is 25.8 Å². The van der Waals surface area contributed by atoms with Crippen molar-refractivity contribution in [2.24, 2.45) is 5.92 Å².